The van der Waals surface area contributed by atoms with Crippen LogP contribution in [0.5, 0.6) is 0 Å². The monoisotopic (exact) mass is 430 g/mol. The van der Waals surface area contributed by atoms with Crippen LogP contribution < -0.4 is 5.32 Å². The lowest BCUT2D eigenvalue weighted by Gasteiger charge is -2.36. The summed E-state index contributed by atoms with van der Waals surface area (Å²) in [5, 5.41) is 6.51. The molecule has 0 bridgehead atoms. The Labute approximate surface area is 162 Å². The van der Waals surface area contributed by atoms with Crippen LogP contribution in [0, 0.1) is 0 Å². The van der Waals surface area contributed by atoms with Crippen LogP contribution in [-0.4, -0.2) is 31.1 Å². The Hall–Kier alpha value is -1.29. The summed E-state index contributed by atoms with van der Waals surface area (Å²) in [5.41, 5.74) is -1.88. The minimum Gasteiger partial charge on any atom is -0.314 e. The van der Waals surface area contributed by atoms with Gasteiger partial charge in [0.2, 0.25) is 0 Å². The summed E-state index contributed by atoms with van der Waals surface area (Å²) in [6, 6.07) is 2.47. The van der Waals surface area contributed by atoms with Crippen molar-refractivity contribution >= 4 is 23.7 Å². The molecular formula is C17H17ClF6N2S. The van der Waals surface area contributed by atoms with Gasteiger partial charge in [-0.1, -0.05) is 0 Å². The quantitative estimate of drug-likeness (QED) is 0.673. The number of hydrogen-bond donors (Lipinski definition) is 1. The molecule has 1 fully saturated rings. The predicted molar refractivity (Wildman–Crippen MR) is 94.3 cm³/mol. The highest BCUT2D eigenvalue weighted by Gasteiger charge is 2.40. The van der Waals surface area contributed by atoms with E-state index in [1.54, 1.807) is 21.7 Å². The molecule has 0 amide bonds. The molecule has 3 rings (SSSR count). The van der Waals surface area contributed by atoms with Gasteiger partial charge in [0.25, 0.3) is 0 Å². The number of hydrogen-bond acceptors (Lipinski definition) is 3. The van der Waals surface area contributed by atoms with Crippen LogP contribution in [0.4, 0.5) is 26.3 Å². The second kappa shape index (κ2) is 8.38. The Bertz CT molecular complexity index is 739. The molecule has 0 saturated carbocycles. The Balaban J connectivity index is 0.00000261. The molecule has 1 aliphatic heterocycles. The summed E-state index contributed by atoms with van der Waals surface area (Å²) in [4.78, 5) is 1.79. The van der Waals surface area contributed by atoms with E-state index in [0.29, 0.717) is 49.9 Å². The van der Waals surface area contributed by atoms with Crippen LogP contribution in [0.1, 0.15) is 28.3 Å². The number of nitrogens with zero attached hydrogens (tertiary/aromatic N) is 1. The highest BCUT2D eigenvalue weighted by atomic mass is 35.5. The maximum absolute atomic E-state index is 13.5. The van der Waals surface area contributed by atoms with Gasteiger partial charge in [0.1, 0.15) is 0 Å². The minimum atomic E-state index is -4.73. The third-order valence-corrected chi connectivity index (χ3v) is 5.06. The van der Waals surface area contributed by atoms with Crippen LogP contribution in [0.2, 0.25) is 0 Å². The molecule has 1 atom stereocenters. The van der Waals surface area contributed by atoms with Gasteiger partial charge in [-0.25, -0.2) is 0 Å². The van der Waals surface area contributed by atoms with Crippen molar-refractivity contribution in [3.05, 3.63) is 57.3 Å². The Morgan fingerprint density at radius 2 is 1.63 bits per heavy atom. The van der Waals surface area contributed by atoms with Gasteiger partial charge in [0.05, 0.1) is 17.2 Å². The molecule has 1 aliphatic rings. The van der Waals surface area contributed by atoms with Crippen molar-refractivity contribution in [2.24, 2.45) is 0 Å². The summed E-state index contributed by atoms with van der Waals surface area (Å²) in [6.45, 7) is 2.05. The highest BCUT2D eigenvalue weighted by molar-refractivity contribution is 7.08. The first-order valence-corrected chi connectivity index (χ1v) is 8.87. The number of piperazine rings is 1. The van der Waals surface area contributed by atoms with E-state index in [1.807, 2.05) is 0 Å². The molecule has 0 unspecified atom stereocenters. The third-order valence-electron chi connectivity index (χ3n) is 4.35. The zero-order valence-corrected chi connectivity index (χ0v) is 15.5. The zero-order chi connectivity index (χ0) is 18.9. The van der Waals surface area contributed by atoms with Crippen molar-refractivity contribution in [3.8, 4) is 0 Å². The zero-order valence-electron chi connectivity index (χ0n) is 13.9. The normalized spacial score (nSPS) is 17.4. The second-order valence-corrected chi connectivity index (χ2v) is 6.82. The average molecular weight is 431 g/mol. The van der Waals surface area contributed by atoms with E-state index in [9.17, 15) is 26.3 Å². The summed E-state index contributed by atoms with van der Waals surface area (Å²) in [7, 11) is 0. The number of benzene rings is 1. The van der Waals surface area contributed by atoms with Crippen LogP contribution in [0.15, 0.2) is 35.0 Å². The Morgan fingerprint density at radius 3 is 2.15 bits per heavy atom. The first-order valence-electron chi connectivity index (χ1n) is 7.93. The smallest absolute Gasteiger partial charge is 0.314 e. The van der Waals surface area contributed by atoms with Gasteiger partial charge in [0.15, 0.2) is 0 Å². The van der Waals surface area contributed by atoms with E-state index >= 15 is 0 Å². The van der Waals surface area contributed by atoms with Crippen LogP contribution in [0.25, 0.3) is 0 Å². The summed E-state index contributed by atoms with van der Waals surface area (Å²) < 4.78 is 80.0. The lowest BCUT2D eigenvalue weighted by molar-refractivity contribution is -0.142. The first kappa shape index (κ1) is 22.0. The molecule has 0 radical (unpaired) electrons. The van der Waals surface area contributed by atoms with Gasteiger partial charge in [-0.3, -0.25) is 4.90 Å². The first-order chi connectivity index (χ1) is 12.2. The molecule has 1 aromatic heterocycles. The van der Waals surface area contributed by atoms with E-state index in [2.05, 4.69) is 5.32 Å². The van der Waals surface area contributed by atoms with E-state index in [0.717, 1.165) is 0 Å². The van der Waals surface area contributed by atoms with Gasteiger partial charge in [0, 0.05) is 26.2 Å². The molecule has 1 N–H and O–H groups in total. The fraction of sp³-hybridized carbons (Fsp3) is 0.412. The second-order valence-electron chi connectivity index (χ2n) is 6.04. The molecule has 0 spiro atoms. The van der Waals surface area contributed by atoms with Gasteiger partial charge in [-0.2, -0.15) is 37.7 Å². The third kappa shape index (κ3) is 4.96. The molecule has 10 heteroatoms. The molecular weight excluding hydrogens is 414 g/mol. The van der Waals surface area contributed by atoms with E-state index < -0.39 is 29.5 Å². The van der Waals surface area contributed by atoms with Crippen molar-refractivity contribution in [1.82, 2.24) is 10.2 Å². The molecule has 2 heterocycles. The SMILES string of the molecule is Cl.FC(F)(F)c1ccc(C(F)(F)F)c([C@H](c2ccsc2)N2CCNCC2)c1. The van der Waals surface area contributed by atoms with E-state index in [-0.39, 0.29) is 18.0 Å². The van der Waals surface area contributed by atoms with Gasteiger partial charge in [-0.05, 0) is 46.2 Å². The molecule has 27 heavy (non-hydrogen) atoms. The van der Waals surface area contributed by atoms with Gasteiger partial charge < -0.3 is 5.32 Å². The number of rotatable bonds is 3. The van der Waals surface area contributed by atoms with Crippen molar-refractivity contribution in [3.63, 3.8) is 0 Å². The van der Waals surface area contributed by atoms with Gasteiger partial charge >= 0.3 is 12.4 Å². The maximum atomic E-state index is 13.5. The van der Waals surface area contributed by atoms with Crippen molar-refractivity contribution < 1.29 is 26.3 Å². The largest absolute Gasteiger partial charge is 0.416 e. The lowest BCUT2D eigenvalue weighted by Crippen LogP contribution is -2.45. The van der Waals surface area contributed by atoms with Crippen molar-refractivity contribution in [1.29, 1.82) is 0 Å². The molecule has 2 aromatic rings. The van der Waals surface area contributed by atoms with Crippen LogP contribution in [-0.2, 0) is 12.4 Å². The number of nitrogens with one attached hydrogen (secondary N) is 1. The summed E-state index contributed by atoms with van der Waals surface area (Å²) in [5.74, 6) is 0. The summed E-state index contributed by atoms with van der Waals surface area (Å²) in [6.07, 6.45) is -9.44. The molecule has 0 aliphatic carbocycles. The fourth-order valence-electron chi connectivity index (χ4n) is 3.18. The molecule has 1 aromatic carbocycles. The lowest BCUT2D eigenvalue weighted by atomic mass is 9.92. The highest BCUT2D eigenvalue weighted by Crippen LogP contribution is 2.42. The number of halogens is 7. The fourth-order valence-corrected chi connectivity index (χ4v) is 3.86. The standard InChI is InChI=1S/C17H16F6N2S.ClH/c18-16(19,20)12-1-2-14(17(21,22)23)13(9-12)15(11-3-8-26-10-11)25-6-4-24-5-7-25;/h1-3,8-10,15,24H,4-7H2;1H/t15-;/m0./s1. The summed E-state index contributed by atoms with van der Waals surface area (Å²) >= 11 is 1.30. The molecule has 1 saturated heterocycles. The van der Waals surface area contributed by atoms with Crippen molar-refractivity contribution in [2.75, 3.05) is 26.2 Å². The van der Waals surface area contributed by atoms with Crippen molar-refractivity contribution in [2.45, 2.75) is 18.4 Å². The Kier molecular flexibility index (Phi) is 6.83. The van der Waals surface area contributed by atoms with E-state index in [4.69, 9.17) is 0 Å². The topological polar surface area (TPSA) is 15.3 Å². The number of thiophene rings is 1. The maximum Gasteiger partial charge on any atom is 0.416 e. The molecule has 2 nitrogen and oxygen atoms in total. The molecule has 150 valence electrons. The predicted octanol–water partition coefficient (Wildman–Crippen LogP) is 5.20. The Morgan fingerprint density at radius 1 is 0.963 bits per heavy atom. The van der Waals surface area contributed by atoms with Crippen LogP contribution >= 0.6 is 23.7 Å². The van der Waals surface area contributed by atoms with E-state index in [1.165, 1.54) is 11.3 Å². The average Bonchev–Trinajstić information content (AvgIpc) is 3.08. The number of alkyl halides is 6. The van der Waals surface area contributed by atoms with Crippen LogP contribution in [0.3, 0.4) is 0 Å². The minimum absolute atomic E-state index is 0. The van der Waals surface area contributed by atoms with Gasteiger partial charge in [-0.15, -0.1) is 12.4 Å².